The zero-order valence-electron chi connectivity index (χ0n) is 10.5. The molecular weight excluding hydrogens is 364 g/mol. The number of sulfonamides is 1. The van der Waals surface area contributed by atoms with Gasteiger partial charge in [-0.2, -0.15) is 0 Å². The normalized spacial score (nSPS) is 11.3. The van der Waals surface area contributed by atoms with Crippen LogP contribution in [-0.2, 0) is 10.0 Å². The van der Waals surface area contributed by atoms with Gasteiger partial charge < -0.3 is 5.73 Å². The van der Waals surface area contributed by atoms with Crippen molar-refractivity contribution in [2.75, 3.05) is 17.1 Å². The Bertz CT molecular complexity index is 750. The molecule has 0 radical (unpaired) electrons. The van der Waals surface area contributed by atoms with Gasteiger partial charge in [0, 0.05) is 16.5 Å². The topological polar surface area (TPSA) is 63.4 Å². The van der Waals surface area contributed by atoms with Gasteiger partial charge in [-0.05, 0) is 36.4 Å². The van der Waals surface area contributed by atoms with Crippen molar-refractivity contribution in [1.82, 2.24) is 0 Å². The molecule has 20 heavy (non-hydrogen) atoms. The van der Waals surface area contributed by atoms with Crippen LogP contribution in [0.15, 0.2) is 51.8 Å². The van der Waals surface area contributed by atoms with Crippen molar-refractivity contribution < 1.29 is 8.42 Å². The Morgan fingerprint density at radius 1 is 1.20 bits per heavy atom. The number of nitrogens with two attached hydrogens (primary N) is 1. The molecule has 0 saturated carbocycles. The van der Waals surface area contributed by atoms with Crippen LogP contribution in [0.25, 0.3) is 0 Å². The van der Waals surface area contributed by atoms with Gasteiger partial charge >= 0.3 is 0 Å². The molecule has 0 amide bonds. The standard InChI is InChI=1S/C13H12BrClN2O2S/c1-17(13-6-5-9(14)7-12(13)16)20(18,19)11-4-2-3-10(15)8-11/h2-8H,16H2,1H3. The minimum atomic E-state index is -3.70. The van der Waals surface area contributed by atoms with Crippen LogP contribution in [0.2, 0.25) is 5.02 Å². The van der Waals surface area contributed by atoms with Crippen LogP contribution in [0.1, 0.15) is 0 Å². The summed E-state index contributed by atoms with van der Waals surface area (Å²) in [4.78, 5) is 0.120. The highest BCUT2D eigenvalue weighted by atomic mass is 79.9. The van der Waals surface area contributed by atoms with Gasteiger partial charge in [0.15, 0.2) is 0 Å². The number of rotatable bonds is 3. The number of benzene rings is 2. The Morgan fingerprint density at radius 3 is 2.50 bits per heavy atom. The van der Waals surface area contributed by atoms with Gasteiger partial charge in [-0.1, -0.05) is 33.6 Å². The molecule has 2 rings (SSSR count). The monoisotopic (exact) mass is 374 g/mol. The third-order valence-corrected chi connectivity index (χ3v) is 5.28. The molecule has 0 spiro atoms. The summed E-state index contributed by atoms with van der Waals surface area (Å²) in [5.41, 5.74) is 6.64. The molecule has 106 valence electrons. The highest BCUT2D eigenvalue weighted by Crippen LogP contribution is 2.30. The van der Waals surface area contributed by atoms with Gasteiger partial charge in [0.2, 0.25) is 0 Å². The summed E-state index contributed by atoms with van der Waals surface area (Å²) < 4.78 is 27.0. The van der Waals surface area contributed by atoms with E-state index in [0.717, 1.165) is 8.78 Å². The van der Waals surface area contributed by atoms with Gasteiger partial charge in [-0.15, -0.1) is 0 Å². The summed E-state index contributed by atoms with van der Waals surface area (Å²) >= 11 is 9.12. The maximum absolute atomic E-state index is 12.5. The number of hydrogen-bond acceptors (Lipinski definition) is 3. The fourth-order valence-electron chi connectivity index (χ4n) is 1.73. The van der Waals surface area contributed by atoms with E-state index in [1.54, 1.807) is 30.3 Å². The van der Waals surface area contributed by atoms with Crippen molar-refractivity contribution in [2.24, 2.45) is 0 Å². The van der Waals surface area contributed by atoms with Crippen molar-refractivity contribution >= 4 is 48.9 Å². The van der Waals surface area contributed by atoms with Crippen molar-refractivity contribution in [2.45, 2.75) is 4.90 Å². The van der Waals surface area contributed by atoms with E-state index in [2.05, 4.69) is 15.9 Å². The molecule has 0 unspecified atom stereocenters. The summed E-state index contributed by atoms with van der Waals surface area (Å²) in [5, 5.41) is 0.364. The van der Waals surface area contributed by atoms with Gasteiger partial charge in [-0.25, -0.2) is 8.42 Å². The minimum absolute atomic E-state index is 0.120. The van der Waals surface area contributed by atoms with E-state index < -0.39 is 10.0 Å². The number of nitrogens with zero attached hydrogens (tertiary/aromatic N) is 1. The first-order valence-electron chi connectivity index (χ1n) is 5.62. The minimum Gasteiger partial charge on any atom is -0.397 e. The molecule has 0 atom stereocenters. The van der Waals surface area contributed by atoms with E-state index in [4.69, 9.17) is 17.3 Å². The van der Waals surface area contributed by atoms with Gasteiger partial charge in [0.05, 0.1) is 16.3 Å². The number of anilines is 2. The zero-order chi connectivity index (χ0) is 14.9. The highest BCUT2D eigenvalue weighted by Gasteiger charge is 2.23. The quantitative estimate of drug-likeness (QED) is 0.835. The molecular formula is C13H12BrClN2O2S. The average Bonchev–Trinajstić information content (AvgIpc) is 2.38. The van der Waals surface area contributed by atoms with E-state index in [1.807, 2.05) is 0 Å². The Balaban J connectivity index is 2.49. The number of nitrogen functional groups attached to an aromatic ring is 1. The molecule has 0 heterocycles. The van der Waals surface area contributed by atoms with Crippen LogP contribution in [0.5, 0.6) is 0 Å². The summed E-state index contributed by atoms with van der Waals surface area (Å²) in [6.45, 7) is 0. The maximum Gasteiger partial charge on any atom is 0.264 e. The van der Waals surface area contributed by atoms with Crippen molar-refractivity contribution in [3.8, 4) is 0 Å². The van der Waals surface area contributed by atoms with Crippen molar-refractivity contribution in [1.29, 1.82) is 0 Å². The van der Waals surface area contributed by atoms with Crippen LogP contribution in [0, 0.1) is 0 Å². The van der Waals surface area contributed by atoms with Gasteiger partial charge in [0.1, 0.15) is 0 Å². The van der Waals surface area contributed by atoms with E-state index >= 15 is 0 Å². The van der Waals surface area contributed by atoms with E-state index in [0.29, 0.717) is 16.4 Å². The second-order valence-corrected chi connectivity index (χ2v) is 7.45. The van der Waals surface area contributed by atoms with E-state index in [-0.39, 0.29) is 4.90 Å². The van der Waals surface area contributed by atoms with Crippen molar-refractivity contribution in [3.63, 3.8) is 0 Å². The smallest absolute Gasteiger partial charge is 0.264 e. The second kappa shape index (κ2) is 5.63. The van der Waals surface area contributed by atoms with E-state index in [9.17, 15) is 8.42 Å². The molecule has 0 aliphatic carbocycles. The predicted molar refractivity (Wildman–Crippen MR) is 85.6 cm³/mol. The molecule has 0 aromatic heterocycles. The molecule has 4 nitrogen and oxygen atoms in total. The van der Waals surface area contributed by atoms with Crippen LogP contribution in [0.4, 0.5) is 11.4 Å². The zero-order valence-corrected chi connectivity index (χ0v) is 13.7. The summed E-state index contributed by atoms with van der Waals surface area (Å²) in [6, 6.07) is 11.1. The average molecular weight is 376 g/mol. The largest absolute Gasteiger partial charge is 0.397 e. The van der Waals surface area contributed by atoms with Crippen LogP contribution in [-0.4, -0.2) is 15.5 Å². The van der Waals surface area contributed by atoms with Gasteiger partial charge in [0.25, 0.3) is 10.0 Å². The third-order valence-electron chi connectivity index (χ3n) is 2.78. The molecule has 2 N–H and O–H groups in total. The van der Waals surface area contributed by atoms with Crippen LogP contribution < -0.4 is 10.0 Å². The SMILES string of the molecule is CN(c1ccc(Br)cc1N)S(=O)(=O)c1cccc(Cl)c1. The lowest BCUT2D eigenvalue weighted by molar-refractivity contribution is 0.594. The Morgan fingerprint density at radius 2 is 1.90 bits per heavy atom. The lowest BCUT2D eigenvalue weighted by atomic mass is 10.3. The lowest BCUT2D eigenvalue weighted by Crippen LogP contribution is -2.27. The lowest BCUT2D eigenvalue weighted by Gasteiger charge is -2.21. The number of halogens is 2. The Hall–Kier alpha value is -1.24. The van der Waals surface area contributed by atoms with Gasteiger partial charge in [-0.3, -0.25) is 4.31 Å². The van der Waals surface area contributed by atoms with E-state index in [1.165, 1.54) is 19.2 Å². The first kappa shape index (κ1) is 15.2. The van der Waals surface area contributed by atoms with Crippen molar-refractivity contribution in [3.05, 3.63) is 52.0 Å². The molecule has 0 aliphatic heterocycles. The van der Waals surface area contributed by atoms with Crippen LogP contribution in [0.3, 0.4) is 0 Å². The first-order valence-corrected chi connectivity index (χ1v) is 8.23. The summed E-state index contributed by atoms with van der Waals surface area (Å²) in [6.07, 6.45) is 0. The Kier molecular flexibility index (Phi) is 4.27. The fraction of sp³-hybridized carbons (Fsp3) is 0.0769. The maximum atomic E-state index is 12.5. The van der Waals surface area contributed by atoms with Crippen LogP contribution >= 0.6 is 27.5 Å². The number of hydrogen-bond donors (Lipinski definition) is 1. The molecule has 2 aromatic carbocycles. The molecule has 0 aliphatic rings. The second-order valence-electron chi connectivity index (χ2n) is 4.13. The summed E-state index contributed by atoms with van der Waals surface area (Å²) in [7, 11) is -2.24. The molecule has 2 aromatic rings. The molecule has 7 heteroatoms. The highest BCUT2D eigenvalue weighted by molar-refractivity contribution is 9.10. The molecule has 0 bridgehead atoms. The predicted octanol–water partition coefficient (Wildman–Crippen LogP) is 3.51. The summed E-state index contributed by atoms with van der Waals surface area (Å²) in [5.74, 6) is 0. The fourth-order valence-corrected chi connectivity index (χ4v) is 3.63. The third kappa shape index (κ3) is 2.92. The molecule has 0 saturated heterocycles. The first-order chi connectivity index (χ1) is 9.32. The Labute approximate surface area is 131 Å². The molecule has 0 fully saturated rings.